The van der Waals surface area contributed by atoms with Gasteiger partial charge in [0.05, 0.1) is 0 Å². The van der Waals surface area contributed by atoms with Crippen molar-refractivity contribution in [2.75, 3.05) is 40.3 Å². The van der Waals surface area contributed by atoms with Crippen molar-refractivity contribution in [1.29, 1.82) is 0 Å². The molecule has 0 aromatic rings. The van der Waals surface area contributed by atoms with Gasteiger partial charge in [-0.05, 0) is 53.0 Å². The normalized spacial score (nSPS) is 30.6. The Morgan fingerprint density at radius 1 is 1.21 bits per heavy atom. The van der Waals surface area contributed by atoms with Gasteiger partial charge in [-0.2, -0.15) is 0 Å². The van der Waals surface area contributed by atoms with Crippen molar-refractivity contribution in [3.05, 3.63) is 0 Å². The Kier molecular flexibility index (Phi) is 3.42. The first-order valence-electron chi connectivity index (χ1n) is 5.88. The molecule has 2 saturated heterocycles. The molecule has 1 unspecified atom stereocenters. The van der Waals surface area contributed by atoms with Crippen LogP contribution < -0.4 is 5.32 Å². The predicted octanol–water partition coefficient (Wildman–Crippen LogP) is 0.374. The third kappa shape index (κ3) is 2.47. The average molecular weight is 197 g/mol. The van der Waals surface area contributed by atoms with Crippen molar-refractivity contribution in [2.24, 2.45) is 0 Å². The van der Waals surface area contributed by atoms with Crippen LogP contribution >= 0.6 is 0 Å². The van der Waals surface area contributed by atoms with Crippen LogP contribution in [0.5, 0.6) is 0 Å². The van der Waals surface area contributed by atoms with Crippen LogP contribution in [0, 0.1) is 0 Å². The van der Waals surface area contributed by atoms with Crippen molar-refractivity contribution in [3.63, 3.8) is 0 Å². The van der Waals surface area contributed by atoms with Crippen LogP contribution in [-0.2, 0) is 0 Å². The molecule has 2 aliphatic rings. The fourth-order valence-electron chi connectivity index (χ4n) is 2.43. The summed E-state index contributed by atoms with van der Waals surface area (Å²) in [6.07, 6.45) is 4.08. The van der Waals surface area contributed by atoms with Crippen molar-refractivity contribution in [3.8, 4) is 0 Å². The highest BCUT2D eigenvalue weighted by atomic mass is 15.2. The van der Waals surface area contributed by atoms with Crippen LogP contribution in [0.3, 0.4) is 0 Å². The Labute approximate surface area is 87.4 Å². The zero-order valence-corrected chi connectivity index (χ0v) is 9.50. The van der Waals surface area contributed by atoms with Gasteiger partial charge < -0.3 is 15.1 Å². The Hall–Kier alpha value is -0.120. The second-order valence-electron chi connectivity index (χ2n) is 4.94. The number of likely N-dealkylation sites (tertiary alicyclic amines) is 1. The number of hydrogen-bond acceptors (Lipinski definition) is 3. The minimum absolute atomic E-state index is 0.797. The van der Waals surface area contributed by atoms with Gasteiger partial charge in [-0.1, -0.05) is 0 Å². The van der Waals surface area contributed by atoms with E-state index in [4.69, 9.17) is 0 Å². The molecule has 3 nitrogen and oxygen atoms in total. The fourth-order valence-corrected chi connectivity index (χ4v) is 2.43. The second-order valence-corrected chi connectivity index (χ2v) is 4.94. The van der Waals surface area contributed by atoms with Crippen LogP contribution in [0.15, 0.2) is 0 Å². The Morgan fingerprint density at radius 2 is 1.86 bits per heavy atom. The largest absolute Gasteiger partial charge is 0.313 e. The van der Waals surface area contributed by atoms with E-state index in [0.717, 1.165) is 12.1 Å². The van der Waals surface area contributed by atoms with Crippen LogP contribution in [0.25, 0.3) is 0 Å². The number of hydrogen-bond donors (Lipinski definition) is 1. The lowest BCUT2D eigenvalue weighted by Gasteiger charge is -2.39. The Bertz CT molecular complexity index is 169. The van der Waals surface area contributed by atoms with E-state index in [9.17, 15) is 0 Å². The summed E-state index contributed by atoms with van der Waals surface area (Å²) < 4.78 is 0. The third-order valence-corrected chi connectivity index (χ3v) is 3.69. The summed E-state index contributed by atoms with van der Waals surface area (Å²) in [5.41, 5.74) is 0. The van der Waals surface area contributed by atoms with E-state index in [-0.39, 0.29) is 0 Å². The first-order valence-corrected chi connectivity index (χ1v) is 5.88. The molecule has 3 heteroatoms. The molecule has 0 aromatic heterocycles. The summed E-state index contributed by atoms with van der Waals surface area (Å²) in [5.74, 6) is 0. The zero-order chi connectivity index (χ0) is 9.97. The standard InChI is InChI=1S/C11H23N3/c1-13(2)11-4-7-14(8-5-11)9-10-3-6-12-10/h10-12H,3-9H2,1-2H3. The monoisotopic (exact) mass is 197 g/mol. The van der Waals surface area contributed by atoms with Crippen LogP contribution in [0.2, 0.25) is 0 Å². The number of nitrogens with zero attached hydrogens (tertiary/aromatic N) is 2. The van der Waals surface area contributed by atoms with Gasteiger partial charge in [-0.3, -0.25) is 0 Å². The minimum Gasteiger partial charge on any atom is -0.313 e. The molecule has 2 heterocycles. The lowest BCUT2D eigenvalue weighted by molar-refractivity contribution is 0.125. The summed E-state index contributed by atoms with van der Waals surface area (Å²) in [7, 11) is 4.40. The van der Waals surface area contributed by atoms with Gasteiger partial charge in [0.15, 0.2) is 0 Å². The molecule has 0 saturated carbocycles. The molecule has 82 valence electrons. The van der Waals surface area contributed by atoms with Gasteiger partial charge in [0.25, 0.3) is 0 Å². The van der Waals surface area contributed by atoms with E-state index in [1.165, 1.54) is 45.4 Å². The van der Waals surface area contributed by atoms with E-state index in [2.05, 4.69) is 29.2 Å². The predicted molar refractivity (Wildman–Crippen MR) is 59.6 cm³/mol. The summed E-state index contributed by atoms with van der Waals surface area (Å²) in [5, 5.41) is 3.47. The Balaban J connectivity index is 1.67. The molecule has 0 radical (unpaired) electrons. The number of nitrogens with one attached hydrogen (secondary N) is 1. The molecule has 0 spiro atoms. The van der Waals surface area contributed by atoms with Crippen LogP contribution in [0.4, 0.5) is 0 Å². The van der Waals surface area contributed by atoms with E-state index in [1.54, 1.807) is 0 Å². The lowest BCUT2D eigenvalue weighted by Crippen LogP contribution is -2.52. The first kappa shape index (κ1) is 10.4. The van der Waals surface area contributed by atoms with Gasteiger partial charge in [-0.25, -0.2) is 0 Å². The number of piperidine rings is 1. The van der Waals surface area contributed by atoms with Crippen LogP contribution in [-0.4, -0.2) is 62.2 Å². The van der Waals surface area contributed by atoms with Gasteiger partial charge in [0, 0.05) is 18.6 Å². The molecule has 0 aliphatic carbocycles. The maximum Gasteiger partial charge on any atom is 0.0207 e. The van der Waals surface area contributed by atoms with E-state index < -0.39 is 0 Å². The SMILES string of the molecule is CN(C)C1CCN(CC2CCN2)CC1. The fraction of sp³-hybridized carbons (Fsp3) is 1.00. The minimum atomic E-state index is 0.797. The summed E-state index contributed by atoms with van der Waals surface area (Å²) in [6, 6.07) is 1.62. The van der Waals surface area contributed by atoms with Gasteiger partial charge >= 0.3 is 0 Å². The molecule has 2 aliphatic heterocycles. The first-order chi connectivity index (χ1) is 6.75. The molecule has 14 heavy (non-hydrogen) atoms. The van der Waals surface area contributed by atoms with Crippen molar-refractivity contribution in [2.45, 2.75) is 31.3 Å². The topological polar surface area (TPSA) is 18.5 Å². The molecule has 0 bridgehead atoms. The molecule has 0 amide bonds. The van der Waals surface area contributed by atoms with E-state index >= 15 is 0 Å². The van der Waals surface area contributed by atoms with E-state index in [1.807, 2.05) is 0 Å². The molecule has 2 fully saturated rings. The van der Waals surface area contributed by atoms with Crippen molar-refractivity contribution < 1.29 is 0 Å². The maximum atomic E-state index is 3.47. The molecular formula is C11H23N3. The lowest BCUT2D eigenvalue weighted by atomic mass is 10.0. The van der Waals surface area contributed by atoms with E-state index in [0.29, 0.717) is 0 Å². The summed E-state index contributed by atoms with van der Waals surface area (Å²) in [6.45, 7) is 5.10. The highest BCUT2D eigenvalue weighted by molar-refractivity contribution is 4.84. The highest BCUT2D eigenvalue weighted by Gasteiger charge is 2.24. The van der Waals surface area contributed by atoms with Gasteiger partial charge in [0.2, 0.25) is 0 Å². The van der Waals surface area contributed by atoms with Gasteiger partial charge in [-0.15, -0.1) is 0 Å². The van der Waals surface area contributed by atoms with Crippen molar-refractivity contribution in [1.82, 2.24) is 15.1 Å². The summed E-state index contributed by atoms with van der Waals surface area (Å²) in [4.78, 5) is 5.00. The van der Waals surface area contributed by atoms with Crippen molar-refractivity contribution >= 4 is 0 Å². The van der Waals surface area contributed by atoms with Gasteiger partial charge in [0.1, 0.15) is 0 Å². The molecule has 1 atom stereocenters. The second kappa shape index (κ2) is 4.60. The maximum absolute atomic E-state index is 3.47. The Morgan fingerprint density at radius 3 is 2.29 bits per heavy atom. The molecule has 2 rings (SSSR count). The molecular weight excluding hydrogens is 174 g/mol. The zero-order valence-electron chi connectivity index (χ0n) is 9.50. The van der Waals surface area contributed by atoms with Crippen LogP contribution in [0.1, 0.15) is 19.3 Å². The smallest absolute Gasteiger partial charge is 0.0207 e. The quantitative estimate of drug-likeness (QED) is 0.705. The third-order valence-electron chi connectivity index (χ3n) is 3.69. The molecule has 1 N–H and O–H groups in total. The number of rotatable bonds is 3. The highest BCUT2D eigenvalue weighted by Crippen LogP contribution is 2.15. The average Bonchev–Trinajstić information content (AvgIpc) is 2.12. The molecule has 0 aromatic carbocycles. The summed E-state index contributed by atoms with van der Waals surface area (Å²) >= 11 is 0.